The molecule has 0 unspecified atom stereocenters. The zero-order valence-electron chi connectivity index (χ0n) is 14.9. The summed E-state index contributed by atoms with van der Waals surface area (Å²) < 4.78 is 44.3. The third-order valence-corrected chi connectivity index (χ3v) is 5.94. The molecule has 0 atom stereocenters. The highest BCUT2D eigenvalue weighted by molar-refractivity contribution is 9.10. The molecule has 0 saturated heterocycles. The van der Waals surface area contributed by atoms with Gasteiger partial charge in [-0.15, -0.1) is 0 Å². The van der Waals surface area contributed by atoms with Crippen LogP contribution in [0.2, 0.25) is 0 Å². The summed E-state index contributed by atoms with van der Waals surface area (Å²) in [6, 6.07) is 9.32. The first-order valence-electron chi connectivity index (χ1n) is 7.91. The minimum atomic E-state index is -3.87. The standard InChI is InChI=1S/C18H16BrN3O5S/c1-25-15-9-14(19)17(10-16(15)26-2)28(23,24)22-12-3-5-13(6-4-12)27-18-11-20-7-8-21-18/h3-11,22H,1-2H3. The predicted molar refractivity (Wildman–Crippen MR) is 107 cm³/mol. The Balaban J connectivity index is 1.81. The lowest BCUT2D eigenvalue weighted by Gasteiger charge is -2.14. The first kappa shape index (κ1) is 19.9. The summed E-state index contributed by atoms with van der Waals surface area (Å²) in [6.07, 6.45) is 4.53. The maximum absolute atomic E-state index is 12.8. The van der Waals surface area contributed by atoms with Gasteiger partial charge in [0.15, 0.2) is 11.5 Å². The van der Waals surface area contributed by atoms with Crippen LogP contribution in [0.15, 0.2) is 64.4 Å². The fourth-order valence-corrected chi connectivity index (χ4v) is 4.40. The smallest absolute Gasteiger partial charge is 0.263 e. The van der Waals surface area contributed by atoms with E-state index in [0.717, 1.165) is 0 Å². The first-order chi connectivity index (χ1) is 13.4. The Labute approximate surface area is 170 Å². The van der Waals surface area contributed by atoms with Gasteiger partial charge in [0.25, 0.3) is 10.0 Å². The summed E-state index contributed by atoms with van der Waals surface area (Å²) in [7, 11) is -0.959. The highest BCUT2D eigenvalue weighted by Crippen LogP contribution is 2.36. The number of sulfonamides is 1. The molecule has 0 aliphatic rings. The van der Waals surface area contributed by atoms with Gasteiger partial charge >= 0.3 is 0 Å². The van der Waals surface area contributed by atoms with E-state index in [2.05, 4.69) is 30.6 Å². The number of halogens is 1. The van der Waals surface area contributed by atoms with Gasteiger partial charge < -0.3 is 14.2 Å². The van der Waals surface area contributed by atoms with Crippen molar-refractivity contribution in [1.82, 2.24) is 9.97 Å². The second-order valence-corrected chi connectivity index (χ2v) is 7.92. The lowest BCUT2D eigenvalue weighted by Crippen LogP contribution is -2.14. The maximum atomic E-state index is 12.8. The number of hydrogen-bond acceptors (Lipinski definition) is 7. The minimum absolute atomic E-state index is 0.0186. The molecule has 28 heavy (non-hydrogen) atoms. The number of anilines is 1. The van der Waals surface area contributed by atoms with Crippen LogP contribution < -0.4 is 18.9 Å². The molecule has 0 bridgehead atoms. The van der Waals surface area contributed by atoms with Crippen LogP contribution in [0.5, 0.6) is 23.1 Å². The van der Waals surface area contributed by atoms with E-state index in [1.54, 1.807) is 24.3 Å². The summed E-state index contributed by atoms with van der Waals surface area (Å²) in [6.45, 7) is 0. The fourth-order valence-electron chi connectivity index (χ4n) is 2.30. The van der Waals surface area contributed by atoms with Crippen LogP contribution in [0.1, 0.15) is 0 Å². The van der Waals surface area contributed by atoms with Crippen LogP contribution in [0, 0.1) is 0 Å². The monoisotopic (exact) mass is 465 g/mol. The Hall–Kier alpha value is -2.85. The number of ether oxygens (including phenoxy) is 3. The van der Waals surface area contributed by atoms with E-state index < -0.39 is 10.0 Å². The number of aromatic nitrogens is 2. The molecule has 8 nitrogen and oxygen atoms in total. The van der Waals surface area contributed by atoms with Crippen molar-refractivity contribution >= 4 is 31.6 Å². The van der Waals surface area contributed by atoms with E-state index in [9.17, 15) is 8.42 Å². The maximum Gasteiger partial charge on any atom is 0.263 e. The second-order valence-electron chi connectivity index (χ2n) is 5.41. The number of hydrogen-bond donors (Lipinski definition) is 1. The molecular formula is C18H16BrN3O5S. The third kappa shape index (κ3) is 4.52. The fraction of sp³-hybridized carbons (Fsp3) is 0.111. The highest BCUT2D eigenvalue weighted by atomic mass is 79.9. The largest absolute Gasteiger partial charge is 0.493 e. The van der Waals surface area contributed by atoms with Gasteiger partial charge in [-0.25, -0.2) is 13.4 Å². The van der Waals surface area contributed by atoms with Crippen LogP contribution in [0.3, 0.4) is 0 Å². The van der Waals surface area contributed by atoms with Gasteiger partial charge in [0, 0.05) is 28.6 Å². The van der Waals surface area contributed by atoms with Gasteiger partial charge in [-0.3, -0.25) is 9.71 Å². The van der Waals surface area contributed by atoms with Crippen molar-refractivity contribution in [2.45, 2.75) is 4.90 Å². The number of benzene rings is 2. The van der Waals surface area contributed by atoms with Crippen LogP contribution in [0.25, 0.3) is 0 Å². The van der Waals surface area contributed by atoms with Crippen molar-refractivity contribution in [3.8, 4) is 23.1 Å². The molecule has 3 rings (SSSR count). The zero-order chi connectivity index (χ0) is 20.1. The minimum Gasteiger partial charge on any atom is -0.493 e. The van der Waals surface area contributed by atoms with E-state index in [1.807, 2.05) is 0 Å². The van der Waals surface area contributed by atoms with Crippen LogP contribution in [-0.4, -0.2) is 32.6 Å². The molecule has 1 heterocycles. The molecule has 0 radical (unpaired) electrons. The van der Waals surface area contributed by atoms with Crippen molar-refractivity contribution in [2.75, 3.05) is 18.9 Å². The molecule has 146 valence electrons. The van der Waals surface area contributed by atoms with Crippen LogP contribution in [-0.2, 0) is 10.0 Å². The van der Waals surface area contributed by atoms with Crippen LogP contribution >= 0.6 is 15.9 Å². The Morgan fingerprint density at radius 2 is 1.68 bits per heavy atom. The lowest BCUT2D eigenvalue weighted by atomic mass is 10.3. The van der Waals surface area contributed by atoms with Crippen LogP contribution in [0.4, 0.5) is 5.69 Å². The van der Waals surface area contributed by atoms with E-state index in [1.165, 1.54) is 44.9 Å². The average Bonchev–Trinajstić information content (AvgIpc) is 2.69. The molecule has 1 aromatic heterocycles. The number of nitrogens with zero attached hydrogens (tertiary/aromatic N) is 2. The van der Waals surface area contributed by atoms with Gasteiger partial charge in [0.2, 0.25) is 5.88 Å². The lowest BCUT2D eigenvalue weighted by molar-refractivity contribution is 0.353. The number of nitrogens with one attached hydrogen (secondary N) is 1. The first-order valence-corrected chi connectivity index (χ1v) is 10.2. The zero-order valence-corrected chi connectivity index (χ0v) is 17.3. The Morgan fingerprint density at radius 3 is 2.29 bits per heavy atom. The summed E-state index contributed by atoms with van der Waals surface area (Å²) in [4.78, 5) is 7.94. The molecule has 1 N–H and O–H groups in total. The Bertz CT molecular complexity index is 1060. The van der Waals surface area contributed by atoms with E-state index in [0.29, 0.717) is 33.3 Å². The van der Waals surface area contributed by atoms with Gasteiger partial charge in [-0.2, -0.15) is 0 Å². The van der Waals surface area contributed by atoms with Crippen molar-refractivity contribution in [1.29, 1.82) is 0 Å². The van der Waals surface area contributed by atoms with Gasteiger partial charge in [0.05, 0.1) is 20.4 Å². The molecule has 0 saturated carbocycles. The Kier molecular flexibility index (Phi) is 6.00. The van der Waals surface area contributed by atoms with Gasteiger partial charge in [-0.05, 0) is 46.3 Å². The molecular weight excluding hydrogens is 450 g/mol. The summed E-state index contributed by atoms with van der Waals surface area (Å²) in [5.41, 5.74) is 0.369. The molecule has 0 fully saturated rings. The predicted octanol–water partition coefficient (Wildman–Crippen LogP) is 3.85. The summed E-state index contributed by atoms with van der Waals surface area (Å²) >= 11 is 3.26. The van der Waals surface area contributed by atoms with Crippen molar-refractivity contribution in [3.63, 3.8) is 0 Å². The molecule has 0 spiro atoms. The van der Waals surface area contributed by atoms with Crippen molar-refractivity contribution in [3.05, 3.63) is 59.5 Å². The van der Waals surface area contributed by atoms with E-state index in [-0.39, 0.29) is 4.90 Å². The molecule has 10 heteroatoms. The topological polar surface area (TPSA) is 99.6 Å². The van der Waals surface area contributed by atoms with Crippen molar-refractivity contribution in [2.24, 2.45) is 0 Å². The van der Waals surface area contributed by atoms with Crippen molar-refractivity contribution < 1.29 is 22.6 Å². The van der Waals surface area contributed by atoms with Gasteiger partial charge in [-0.1, -0.05) is 0 Å². The summed E-state index contributed by atoms with van der Waals surface area (Å²) in [5.74, 6) is 1.55. The number of methoxy groups -OCH3 is 2. The molecule has 2 aromatic carbocycles. The van der Waals surface area contributed by atoms with Gasteiger partial charge in [0.1, 0.15) is 10.6 Å². The third-order valence-electron chi connectivity index (χ3n) is 3.60. The van der Waals surface area contributed by atoms with E-state index >= 15 is 0 Å². The quantitative estimate of drug-likeness (QED) is 0.565. The van der Waals surface area contributed by atoms with E-state index in [4.69, 9.17) is 14.2 Å². The molecule has 0 amide bonds. The average molecular weight is 466 g/mol. The SMILES string of the molecule is COc1cc(Br)c(S(=O)(=O)Nc2ccc(Oc3cnccn3)cc2)cc1OC. The molecule has 0 aliphatic heterocycles. The molecule has 0 aliphatic carbocycles. The highest BCUT2D eigenvalue weighted by Gasteiger charge is 2.21. The number of rotatable bonds is 7. The summed E-state index contributed by atoms with van der Waals surface area (Å²) in [5, 5.41) is 0. The second kappa shape index (κ2) is 8.44. The molecule has 3 aromatic rings. The normalized spacial score (nSPS) is 11.0. The Morgan fingerprint density at radius 1 is 1.00 bits per heavy atom.